The Morgan fingerprint density at radius 3 is 2.45 bits per heavy atom. The predicted molar refractivity (Wildman–Crippen MR) is 99.1 cm³/mol. The van der Waals surface area contributed by atoms with Crippen LogP contribution in [0.3, 0.4) is 0 Å². The topological polar surface area (TPSA) is 79.8 Å². The van der Waals surface area contributed by atoms with Gasteiger partial charge in [0.2, 0.25) is 0 Å². The number of amides is 1. The van der Waals surface area contributed by atoms with Crippen LogP contribution in [-0.4, -0.2) is 35.8 Å². The van der Waals surface area contributed by atoms with Crippen molar-refractivity contribution in [2.75, 3.05) is 12.4 Å². The largest absolute Gasteiger partial charge is 0.341 e. The summed E-state index contributed by atoms with van der Waals surface area (Å²) >= 11 is 12.3. The van der Waals surface area contributed by atoms with E-state index in [4.69, 9.17) is 17.4 Å². The summed E-state index contributed by atoms with van der Waals surface area (Å²) in [6, 6.07) is 5.32. The van der Waals surface area contributed by atoms with Crippen LogP contribution in [0.15, 0.2) is 37.2 Å². The Hall–Kier alpha value is -0.920. The summed E-state index contributed by atoms with van der Waals surface area (Å²) in [4.78, 5) is 16.5. The summed E-state index contributed by atoms with van der Waals surface area (Å²) in [7, 11) is 0. The molecule has 1 amide bonds. The minimum atomic E-state index is -0.767. The monoisotopic (exact) mass is 450 g/mol. The lowest BCUT2D eigenvalue weighted by molar-refractivity contribution is 0.0932. The number of alkyl halides is 1. The van der Waals surface area contributed by atoms with Gasteiger partial charge in [-0.2, -0.15) is 5.10 Å². The normalized spacial score (nSPS) is 12.7. The number of nitrogens with zero attached hydrogens (tertiary/aromatic N) is 2. The van der Waals surface area contributed by atoms with Crippen molar-refractivity contribution >= 4 is 61.3 Å². The first-order valence-electron chi connectivity index (χ1n) is 6.43. The second-order valence-corrected chi connectivity index (χ2v) is 7.19. The van der Waals surface area contributed by atoms with Crippen LogP contribution >= 0.6 is 43.5 Å². The highest BCUT2D eigenvalue weighted by molar-refractivity contribution is 9.11. The molecule has 0 unspecified atom stereocenters. The van der Waals surface area contributed by atoms with E-state index < -0.39 is 5.54 Å². The molecule has 1 aromatic carbocycles. The fourth-order valence-corrected chi connectivity index (χ4v) is 3.05. The Morgan fingerprint density at radius 2 is 1.95 bits per heavy atom. The third kappa shape index (κ3) is 5.70. The molecule has 0 fully saturated rings. The molecule has 0 aliphatic carbocycles. The molecule has 120 valence electrons. The molecule has 0 heterocycles. The molecule has 1 aromatic rings. The van der Waals surface area contributed by atoms with E-state index in [-0.39, 0.29) is 5.91 Å². The van der Waals surface area contributed by atoms with Gasteiger partial charge in [-0.1, -0.05) is 31.9 Å². The maximum Gasteiger partial charge on any atom is 0.252 e. The molecule has 8 heteroatoms. The second-order valence-electron chi connectivity index (χ2n) is 4.98. The second kappa shape index (κ2) is 8.64. The molecular formula is C14H17Br2ClN4O. The first kappa shape index (κ1) is 19.1. The van der Waals surface area contributed by atoms with Gasteiger partial charge in [0, 0.05) is 26.6 Å². The van der Waals surface area contributed by atoms with Crippen LogP contribution in [0, 0.1) is 0 Å². The average molecular weight is 453 g/mol. The van der Waals surface area contributed by atoms with Crippen LogP contribution < -0.4 is 11.2 Å². The Morgan fingerprint density at radius 1 is 1.36 bits per heavy atom. The molecule has 0 radical (unpaired) electrons. The summed E-state index contributed by atoms with van der Waals surface area (Å²) in [5.74, 6) is 5.57. The molecule has 0 bridgehead atoms. The number of aliphatic imine (C=N–C) groups is 1. The van der Waals surface area contributed by atoms with Crippen LogP contribution in [0.5, 0.6) is 0 Å². The zero-order valence-corrected chi connectivity index (χ0v) is 16.2. The van der Waals surface area contributed by atoms with Gasteiger partial charge in [0.15, 0.2) is 0 Å². The first-order chi connectivity index (χ1) is 10.3. The zero-order chi connectivity index (χ0) is 16.8. The van der Waals surface area contributed by atoms with Gasteiger partial charge in [0.05, 0.1) is 12.1 Å². The Bertz CT molecular complexity index is 582. The molecule has 1 rings (SSSR count). The molecule has 0 spiro atoms. The number of nitrogens with one attached hydrogen (secondary N) is 1. The molecular weight excluding hydrogens is 435 g/mol. The van der Waals surface area contributed by atoms with Gasteiger partial charge in [-0.25, -0.2) is 0 Å². The molecule has 0 aliphatic rings. The van der Waals surface area contributed by atoms with Crippen molar-refractivity contribution in [3.05, 3.63) is 32.7 Å². The molecule has 0 saturated heterocycles. The Kier molecular flexibility index (Phi) is 7.52. The number of hydrazone groups is 1. The average Bonchev–Trinajstić information content (AvgIpc) is 2.41. The van der Waals surface area contributed by atoms with Crippen molar-refractivity contribution in [1.29, 1.82) is 0 Å². The molecule has 0 saturated carbocycles. The summed E-state index contributed by atoms with van der Waals surface area (Å²) < 4.78 is 1.61. The van der Waals surface area contributed by atoms with E-state index in [0.717, 1.165) is 8.95 Å². The van der Waals surface area contributed by atoms with Gasteiger partial charge >= 0.3 is 0 Å². The van der Waals surface area contributed by atoms with Crippen molar-refractivity contribution in [2.45, 2.75) is 19.4 Å². The summed E-state index contributed by atoms with van der Waals surface area (Å²) in [6.45, 7) is 4.07. The summed E-state index contributed by atoms with van der Waals surface area (Å²) in [5, 5.41) is 6.59. The number of carbonyl (C=O) groups excluding carboxylic acids is 1. The van der Waals surface area contributed by atoms with E-state index >= 15 is 0 Å². The lowest BCUT2D eigenvalue weighted by Crippen LogP contribution is -2.50. The third-order valence-electron chi connectivity index (χ3n) is 2.76. The zero-order valence-electron chi connectivity index (χ0n) is 12.2. The number of rotatable bonds is 6. The molecule has 0 atom stereocenters. The van der Waals surface area contributed by atoms with Crippen LogP contribution in [0.2, 0.25) is 0 Å². The van der Waals surface area contributed by atoms with Crippen LogP contribution in [0.1, 0.15) is 24.2 Å². The summed E-state index contributed by atoms with van der Waals surface area (Å²) in [5.41, 5.74) is 0.208. The maximum atomic E-state index is 12.4. The Balaban J connectivity index is 2.92. The summed E-state index contributed by atoms with van der Waals surface area (Å²) in [6.07, 6.45) is 1.53. The molecule has 22 heavy (non-hydrogen) atoms. The number of benzene rings is 1. The van der Waals surface area contributed by atoms with E-state index in [9.17, 15) is 4.79 Å². The van der Waals surface area contributed by atoms with Crippen molar-refractivity contribution in [2.24, 2.45) is 15.9 Å². The molecule has 3 N–H and O–H groups in total. The highest BCUT2D eigenvalue weighted by atomic mass is 79.9. The number of halogens is 3. The van der Waals surface area contributed by atoms with Crippen LogP contribution in [0.25, 0.3) is 0 Å². The van der Waals surface area contributed by atoms with Crippen molar-refractivity contribution < 1.29 is 4.79 Å². The van der Waals surface area contributed by atoms with E-state index in [1.54, 1.807) is 26.0 Å². The van der Waals surface area contributed by atoms with Crippen molar-refractivity contribution in [3.8, 4) is 0 Å². The highest BCUT2D eigenvalue weighted by Crippen LogP contribution is 2.20. The number of hydrogen-bond donors (Lipinski definition) is 2. The quantitative estimate of drug-likeness (QED) is 0.300. The Labute approximate surface area is 151 Å². The molecule has 5 nitrogen and oxygen atoms in total. The van der Waals surface area contributed by atoms with Crippen molar-refractivity contribution in [1.82, 2.24) is 5.32 Å². The minimum absolute atomic E-state index is 0.237. The van der Waals surface area contributed by atoms with Gasteiger partial charge in [-0.15, -0.1) is 11.6 Å². The molecule has 0 aliphatic heterocycles. The fraction of sp³-hybridized carbons (Fsp3) is 0.357. The van der Waals surface area contributed by atoms with Crippen LogP contribution in [0.4, 0.5) is 0 Å². The number of hydrogen-bond acceptors (Lipinski definition) is 4. The maximum absolute atomic E-state index is 12.4. The van der Waals surface area contributed by atoms with E-state index in [1.807, 2.05) is 6.07 Å². The minimum Gasteiger partial charge on any atom is -0.341 e. The van der Waals surface area contributed by atoms with Gasteiger partial charge < -0.3 is 11.2 Å². The predicted octanol–water partition coefficient (Wildman–Crippen LogP) is 3.34. The van der Waals surface area contributed by atoms with Gasteiger partial charge in [-0.3, -0.25) is 9.79 Å². The highest BCUT2D eigenvalue weighted by Gasteiger charge is 2.26. The number of nitrogens with two attached hydrogens (primary N) is 1. The molecule has 0 aromatic heterocycles. The smallest absolute Gasteiger partial charge is 0.252 e. The van der Waals surface area contributed by atoms with E-state index in [1.165, 1.54) is 6.21 Å². The van der Waals surface area contributed by atoms with Gasteiger partial charge in [-0.05, 0) is 32.0 Å². The van der Waals surface area contributed by atoms with E-state index in [0.29, 0.717) is 23.7 Å². The third-order valence-corrected chi connectivity index (χ3v) is 3.84. The van der Waals surface area contributed by atoms with E-state index in [2.05, 4.69) is 47.3 Å². The van der Waals surface area contributed by atoms with Crippen LogP contribution in [-0.2, 0) is 0 Å². The first-order valence-corrected chi connectivity index (χ1v) is 8.55. The lowest BCUT2D eigenvalue weighted by Gasteiger charge is -2.25. The van der Waals surface area contributed by atoms with Crippen molar-refractivity contribution in [3.63, 3.8) is 0 Å². The fourth-order valence-electron chi connectivity index (χ4n) is 1.66. The number of carbonyl (C=O) groups is 1. The standard InChI is InChI=1S/C14H17Br2ClN4O/c1-14(2,12(21-18)8-19-4-3-17)20-13(22)9-5-10(15)7-11(16)6-9/h5-8H,3-4,18H2,1-2H3,(H,20,22)/b19-8?,21-12+. The SMILES string of the molecule is CC(C)(NC(=O)c1cc(Br)cc(Br)c1)/C(C=NCCCl)=N/N. The lowest BCUT2D eigenvalue weighted by atomic mass is 9.98. The van der Waals surface area contributed by atoms with Gasteiger partial charge in [0.25, 0.3) is 5.91 Å². The van der Waals surface area contributed by atoms with Gasteiger partial charge in [0.1, 0.15) is 5.71 Å².